The first-order valence-electron chi connectivity index (χ1n) is 11.4. The van der Waals surface area contributed by atoms with Gasteiger partial charge in [-0.15, -0.1) is 0 Å². The summed E-state index contributed by atoms with van der Waals surface area (Å²) in [5.74, 6) is 4.32. The molecular weight excluding hydrogens is 447 g/mol. The topological polar surface area (TPSA) is 116 Å². The van der Waals surface area contributed by atoms with Crippen molar-refractivity contribution in [3.8, 4) is 11.8 Å². The number of fused-ring (bicyclic) bond motifs is 1. The molecule has 9 heteroatoms. The molecule has 0 spiro atoms. The lowest BCUT2D eigenvalue weighted by molar-refractivity contribution is 0.417. The Balaban J connectivity index is 1.71. The lowest BCUT2D eigenvalue weighted by atomic mass is 10.1. The Morgan fingerprint density at radius 2 is 1.94 bits per heavy atom. The second-order valence-corrected chi connectivity index (χ2v) is 11.0. The van der Waals surface area contributed by atoms with Crippen LogP contribution in [-0.4, -0.2) is 28.1 Å². The molecule has 3 aromatic rings. The molecule has 0 saturated heterocycles. The summed E-state index contributed by atoms with van der Waals surface area (Å²) in [4.78, 5) is 12.4. The van der Waals surface area contributed by atoms with Gasteiger partial charge in [-0.3, -0.25) is 0 Å². The molecular formula is C25H29N6O2P. The third kappa shape index (κ3) is 4.71. The number of benzene rings is 1. The minimum atomic E-state index is -2.90. The van der Waals surface area contributed by atoms with Crippen LogP contribution < -0.4 is 20.7 Å². The van der Waals surface area contributed by atoms with Crippen LogP contribution in [0.25, 0.3) is 11.0 Å². The van der Waals surface area contributed by atoms with Crippen molar-refractivity contribution >= 4 is 40.9 Å². The second kappa shape index (κ2) is 10.1. The number of hydrogen-bond donors (Lipinski definition) is 3. The number of H-pyrrole nitrogens is 1. The van der Waals surface area contributed by atoms with Crippen molar-refractivity contribution in [1.82, 2.24) is 15.0 Å². The fraction of sp³-hybridized carbons (Fsp3) is 0.320. The molecule has 0 amide bonds. The maximum atomic E-state index is 13.0. The summed E-state index contributed by atoms with van der Waals surface area (Å²) in [5, 5.41) is 17.6. The van der Waals surface area contributed by atoms with E-state index in [1.807, 2.05) is 0 Å². The van der Waals surface area contributed by atoms with Crippen LogP contribution in [0.15, 0.2) is 49.2 Å². The average molecular weight is 477 g/mol. The van der Waals surface area contributed by atoms with Gasteiger partial charge in [-0.2, -0.15) is 15.2 Å². The normalized spacial score (nSPS) is 14.7. The van der Waals surface area contributed by atoms with E-state index in [0.29, 0.717) is 51.1 Å². The molecule has 176 valence electrons. The van der Waals surface area contributed by atoms with Gasteiger partial charge < -0.3 is 24.9 Å². The number of nitriles is 1. The minimum Gasteiger partial charge on any atom is -0.495 e. The predicted octanol–water partition coefficient (Wildman–Crippen LogP) is 5.99. The molecule has 1 aromatic carbocycles. The van der Waals surface area contributed by atoms with Crippen LogP contribution in [0.4, 0.5) is 17.5 Å². The fourth-order valence-corrected chi connectivity index (χ4v) is 5.50. The summed E-state index contributed by atoms with van der Waals surface area (Å²) in [6.07, 6.45) is 8.65. The van der Waals surface area contributed by atoms with Crippen molar-refractivity contribution in [3.05, 3.63) is 54.8 Å². The first kappa shape index (κ1) is 23.6. The van der Waals surface area contributed by atoms with E-state index in [9.17, 15) is 9.83 Å². The zero-order valence-electron chi connectivity index (χ0n) is 19.3. The first-order valence-corrected chi connectivity index (χ1v) is 13.2. The number of ether oxygens (including phenoxy) is 1. The van der Waals surface area contributed by atoms with Crippen LogP contribution in [-0.2, 0) is 4.57 Å². The fourth-order valence-electron chi connectivity index (χ4n) is 4.30. The third-order valence-electron chi connectivity index (χ3n) is 6.23. The average Bonchev–Trinajstić information content (AvgIpc) is 3.11. The van der Waals surface area contributed by atoms with E-state index in [0.717, 1.165) is 12.8 Å². The van der Waals surface area contributed by atoms with Crippen molar-refractivity contribution in [1.29, 1.82) is 5.26 Å². The molecule has 1 fully saturated rings. The molecule has 0 unspecified atom stereocenters. The largest absolute Gasteiger partial charge is 0.495 e. The highest BCUT2D eigenvalue weighted by Gasteiger charge is 2.21. The van der Waals surface area contributed by atoms with Gasteiger partial charge in [0.15, 0.2) is 7.14 Å². The van der Waals surface area contributed by atoms with E-state index < -0.39 is 7.14 Å². The zero-order valence-corrected chi connectivity index (χ0v) is 20.2. The van der Waals surface area contributed by atoms with Gasteiger partial charge in [-0.25, -0.2) is 0 Å². The molecule has 2 heterocycles. The van der Waals surface area contributed by atoms with Gasteiger partial charge in [0.2, 0.25) is 5.95 Å². The maximum Gasteiger partial charge on any atom is 0.231 e. The van der Waals surface area contributed by atoms with Crippen LogP contribution in [0, 0.1) is 11.3 Å². The van der Waals surface area contributed by atoms with Gasteiger partial charge in [0.1, 0.15) is 23.3 Å². The number of nitrogens with one attached hydrogen (secondary N) is 3. The van der Waals surface area contributed by atoms with Gasteiger partial charge in [-0.1, -0.05) is 38.8 Å². The van der Waals surface area contributed by atoms with Crippen molar-refractivity contribution in [3.63, 3.8) is 0 Å². The van der Waals surface area contributed by atoms with Crippen molar-refractivity contribution in [2.45, 2.75) is 44.6 Å². The van der Waals surface area contributed by atoms with Gasteiger partial charge in [0.25, 0.3) is 0 Å². The summed E-state index contributed by atoms with van der Waals surface area (Å²) in [7, 11) is -1.35. The molecule has 1 aliphatic rings. The molecule has 2 aromatic heterocycles. The van der Waals surface area contributed by atoms with E-state index >= 15 is 0 Å². The Bertz CT molecular complexity index is 1290. The molecule has 1 aliphatic carbocycles. The summed E-state index contributed by atoms with van der Waals surface area (Å²) in [6.45, 7) is 7.37. The molecule has 34 heavy (non-hydrogen) atoms. The summed E-state index contributed by atoms with van der Waals surface area (Å²) in [6, 6.07) is 7.76. The highest BCUT2D eigenvalue weighted by molar-refractivity contribution is 7.77. The van der Waals surface area contributed by atoms with E-state index in [1.54, 1.807) is 31.5 Å². The number of methoxy groups -OCH3 is 1. The molecule has 4 rings (SSSR count). The van der Waals surface area contributed by atoms with E-state index in [2.05, 4.69) is 39.8 Å². The smallest absolute Gasteiger partial charge is 0.231 e. The summed E-state index contributed by atoms with van der Waals surface area (Å²) < 4.78 is 18.5. The molecule has 0 atom stereocenters. The number of hydrogen-bond acceptors (Lipinski definition) is 7. The monoisotopic (exact) mass is 476 g/mol. The van der Waals surface area contributed by atoms with Crippen LogP contribution >= 0.6 is 7.14 Å². The lowest BCUT2D eigenvalue weighted by Crippen LogP contribution is -2.20. The van der Waals surface area contributed by atoms with Gasteiger partial charge in [0, 0.05) is 17.5 Å². The maximum absolute atomic E-state index is 13.0. The standard InChI is InChI=1S/C25H29N6O2P/c1-4-34(32,5-2)19-12-13-20(21(14-19)33-3)29-25-30-23-22(17(15-26)16-27-23)24(31-25)28-18-10-8-6-7-9-11-18/h4-5,12-14,16,18H,1-2,6-11H2,3H3,(H3,27,28,29,30,31). The van der Waals surface area contributed by atoms with Crippen molar-refractivity contribution in [2.24, 2.45) is 0 Å². The van der Waals surface area contributed by atoms with Gasteiger partial charge in [-0.05, 0) is 42.7 Å². The van der Waals surface area contributed by atoms with E-state index in [-0.39, 0.29) is 0 Å². The third-order valence-corrected chi connectivity index (χ3v) is 8.40. The molecule has 8 nitrogen and oxygen atoms in total. The molecule has 1 saturated carbocycles. The Labute approximate surface area is 199 Å². The Morgan fingerprint density at radius 1 is 1.21 bits per heavy atom. The number of rotatable bonds is 8. The van der Waals surface area contributed by atoms with Crippen molar-refractivity contribution in [2.75, 3.05) is 17.7 Å². The second-order valence-electron chi connectivity index (χ2n) is 8.35. The minimum absolute atomic E-state index is 0.302. The molecule has 3 N–H and O–H groups in total. The quantitative estimate of drug-likeness (QED) is 0.270. The Morgan fingerprint density at radius 3 is 2.59 bits per heavy atom. The van der Waals surface area contributed by atoms with Crippen LogP contribution in [0.2, 0.25) is 0 Å². The summed E-state index contributed by atoms with van der Waals surface area (Å²) in [5.41, 5.74) is 1.70. The van der Waals surface area contributed by atoms with Crippen LogP contribution in [0.1, 0.15) is 44.1 Å². The SMILES string of the molecule is C=CP(=O)(C=C)c1ccc(Nc2nc(NC3CCCCCC3)c3c(C#N)c[nH]c3n2)c(OC)c1. The van der Waals surface area contributed by atoms with Gasteiger partial charge >= 0.3 is 0 Å². The van der Waals surface area contributed by atoms with Crippen LogP contribution in [0.5, 0.6) is 5.75 Å². The Hall–Kier alpha value is -3.56. The van der Waals surface area contributed by atoms with E-state index in [4.69, 9.17) is 9.72 Å². The van der Waals surface area contributed by atoms with Gasteiger partial charge in [0.05, 0.1) is 23.7 Å². The zero-order chi connectivity index (χ0) is 24.1. The number of aromatic amines is 1. The Kier molecular flexibility index (Phi) is 7.04. The number of aromatic nitrogens is 3. The molecule has 0 bridgehead atoms. The van der Waals surface area contributed by atoms with E-state index in [1.165, 1.54) is 37.3 Å². The molecule has 0 radical (unpaired) electrons. The predicted molar refractivity (Wildman–Crippen MR) is 138 cm³/mol. The van der Waals surface area contributed by atoms with Crippen LogP contribution in [0.3, 0.4) is 0 Å². The van der Waals surface area contributed by atoms with Crippen molar-refractivity contribution < 1.29 is 9.30 Å². The first-order chi connectivity index (χ1) is 16.5. The number of nitrogens with zero attached hydrogens (tertiary/aromatic N) is 3. The highest BCUT2D eigenvalue weighted by Crippen LogP contribution is 2.47. The number of anilines is 3. The molecule has 0 aliphatic heterocycles. The highest BCUT2D eigenvalue weighted by atomic mass is 31.2. The summed E-state index contributed by atoms with van der Waals surface area (Å²) >= 11 is 0. The lowest BCUT2D eigenvalue weighted by Gasteiger charge is -2.19.